The van der Waals surface area contributed by atoms with Gasteiger partial charge in [0.05, 0.1) is 0 Å². The van der Waals surface area contributed by atoms with Crippen LogP contribution in [0.4, 0.5) is 0 Å². The molecule has 0 spiro atoms. The van der Waals surface area contributed by atoms with Crippen LogP contribution in [0.1, 0.15) is 65.7 Å². The summed E-state index contributed by atoms with van der Waals surface area (Å²) < 4.78 is 0. The maximum Gasteiger partial charge on any atom is 0.0247 e. The monoisotopic (exact) mass is 295 g/mol. The van der Waals surface area contributed by atoms with Crippen molar-refractivity contribution in [3.05, 3.63) is 0 Å². The molecule has 0 aliphatic carbocycles. The van der Waals surface area contributed by atoms with E-state index in [2.05, 4.69) is 35.9 Å². The summed E-state index contributed by atoms with van der Waals surface area (Å²) in [6.45, 7) is 13.5. The lowest BCUT2D eigenvalue weighted by Crippen LogP contribution is -2.50. The average molecular weight is 296 g/mol. The summed E-state index contributed by atoms with van der Waals surface area (Å²) in [5.41, 5.74) is 0. The lowest BCUT2D eigenvalue weighted by Gasteiger charge is -2.35. The molecule has 3 unspecified atom stereocenters. The van der Waals surface area contributed by atoms with Crippen LogP contribution in [-0.2, 0) is 0 Å². The van der Waals surface area contributed by atoms with E-state index in [1.54, 1.807) is 0 Å². The van der Waals surface area contributed by atoms with Crippen LogP contribution in [-0.4, -0.2) is 60.6 Å². The van der Waals surface area contributed by atoms with E-state index < -0.39 is 0 Å². The second kappa shape index (κ2) is 9.12. The number of hydrogen-bond donors (Lipinski definition) is 1. The zero-order valence-electron chi connectivity index (χ0n) is 14.6. The van der Waals surface area contributed by atoms with Crippen molar-refractivity contribution in [1.82, 2.24) is 15.1 Å². The van der Waals surface area contributed by atoms with Crippen molar-refractivity contribution in [3.8, 4) is 0 Å². The Kier molecular flexibility index (Phi) is 7.48. The van der Waals surface area contributed by atoms with E-state index in [0.717, 1.165) is 12.1 Å². The largest absolute Gasteiger partial charge is 0.312 e. The molecule has 3 atom stereocenters. The number of nitrogens with one attached hydrogen (secondary N) is 1. The highest BCUT2D eigenvalue weighted by molar-refractivity contribution is 4.92. The number of hydrogen-bond acceptors (Lipinski definition) is 3. The Morgan fingerprint density at radius 3 is 2.43 bits per heavy atom. The molecule has 2 saturated heterocycles. The van der Waals surface area contributed by atoms with Gasteiger partial charge >= 0.3 is 0 Å². The van der Waals surface area contributed by atoms with E-state index in [1.165, 1.54) is 77.7 Å². The van der Waals surface area contributed by atoms with Crippen molar-refractivity contribution >= 4 is 0 Å². The fourth-order valence-electron chi connectivity index (χ4n) is 4.34. The van der Waals surface area contributed by atoms with E-state index in [1.807, 2.05) is 0 Å². The summed E-state index contributed by atoms with van der Waals surface area (Å²) in [6.07, 6.45) is 9.38. The first kappa shape index (κ1) is 17.2. The minimum Gasteiger partial charge on any atom is -0.312 e. The van der Waals surface area contributed by atoms with Crippen molar-refractivity contribution in [1.29, 1.82) is 0 Å². The molecule has 0 saturated carbocycles. The van der Waals surface area contributed by atoms with Crippen LogP contribution in [0.2, 0.25) is 0 Å². The summed E-state index contributed by atoms with van der Waals surface area (Å²) in [5.74, 6) is 0. The van der Waals surface area contributed by atoms with Crippen molar-refractivity contribution < 1.29 is 0 Å². The molecule has 0 aromatic heterocycles. The summed E-state index contributed by atoms with van der Waals surface area (Å²) in [4.78, 5) is 5.55. The molecule has 3 heteroatoms. The van der Waals surface area contributed by atoms with Crippen LogP contribution in [0.5, 0.6) is 0 Å². The van der Waals surface area contributed by atoms with Crippen molar-refractivity contribution in [2.45, 2.75) is 83.8 Å². The van der Waals surface area contributed by atoms with E-state index in [0.29, 0.717) is 6.04 Å². The standard InChI is InChI=1S/C18H37N3/c1-4-9-17(19-11-5-2)18(6-3)21-14-10-16(15-21)20-12-7-8-13-20/h16-19H,4-15H2,1-3H3. The van der Waals surface area contributed by atoms with Gasteiger partial charge in [-0.25, -0.2) is 0 Å². The van der Waals surface area contributed by atoms with E-state index >= 15 is 0 Å². The molecule has 2 fully saturated rings. The maximum atomic E-state index is 3.83. The summed E-state index contributed by atoms with van der Waals surface area (Å²) in [7, 11) is 0. The molecule has 2 heterocycles. The van der Waals surface area contributed by atoms with Crippen LogP contribution in [0, 0.1) is 0 Å². The molecule has 2 aliphatic rings. The first-order valence-electron chi connectivity index (χ1n) is 9.51. The third kappa shape index (κ3) is 4.67. The number of rotatable bonds is 9. The molecule has 0 bridgehead atoms. The highest BCUT2D eigenvalue weighted by Gasteiger charge is 2.34. The van der Waals surface area contributed by atoms with Gasteiger partial charge in [-0.2, -0.15) is 0 Å². The molecular formula is C18H37N3. The summed E-state index contributed by atoms with van der Waals surface area (Å²) >= 11 is 0. The Hall–Kier alpha value is -0.120. The van der Waals surface area contributed by atoms with Gasteiger partial charge in [0.25, 0.3) is 0 Å². The van der Waals surface area contributed by atoms with Gasteiger partial charge in [-0.1, -0.05) is 27.2 Å². The molecule has 0 amide bonds. The Morgan fingerprint density at radius 2 is 1.81 bits per heavy atom. The van der Waals surface area contributed by atoms with Crippen LogP contribution in [0.25, 0.3) is 0 Å². The molecular weight excluding hydrogens is 258 g/mol. The van der Waals surface area contributed by atoms with E-state index in [9.17, 15) is 0 Å². The molecule has 0 radical (unpaired) electrons. The quantitative estimate of drug-likeness (QED) is 0.705. The molecule has 21 heavy (non-hydrogen) atoms. The molecule has 1 N–H and O–H groups in total. The fraction of sp³-hybridized carbons (Fsp3) is 1.00. The van der Waals surface area contributed by atoms with Crippen LogP contribution in [0.15, 0.2) is 0 Å². The van der Waals surface area contributed by atoms with Crippen LogP contribution in [0.3, 0.4) is 0 Å². The Balaban J connectivity index is 1.89. The van der Waals surface area contributed by atoms with Gasteiger partial charge in [0, 0.05) is 31.2 Å². The van der Waals surface area contributed by atoms with Gasteiger partial charge in [-0.3, -0.25) is 9.80 Å². The minimum atomic E-state index is 0.692. The topological polar surface area (TPSA) is 18.5 Å². The zero-order chi connectivity index (χ0) is 15.1. The zero-order valence-corrected chi connectivity index (χ0v) is 14.6. The minimum absolute atomic E-state index is 0.692. The molecule has 3 nitrogen and oxygen atoms in total. The van der Waals surface area contributed by atoms with Gasteiger partial charge in [0.15, 0.2) is 0 Å². The molecule has 0 aromatic rings. The fourth-order valence-corrected chi connectivity index (χ4v) is 4.34. The second-order valence-electron chi connectivity index (χ2n) is 7.01. The third-order valence-corrected chi connectivity index (χ3v) is 5.46. The molecule has 2 aliphatic heterocycles. The highest BCUT2D eigenvalue weighted by Crippen LogP contribution is 2.25. The predicted octanol–water partition coefficient (Wildman–Crippen LogP) is 3.10. The lowest BCUT2D eigenvalue weighted by molar-refractivity contribution is 0.159. The first-order chi connectivity index (χ1) is 10.3. The van der Waals surface area contributed by atoms with Gasteiger partial charge in [-0.15, -0.1) is 0 Å². The van der Waals surface area contributed by atoms with E-state index in [4.69, 9.17) is 0 Å². The van der Waals surface area contributed by atoms with Crippen LogP contribution < -0.4 is 5.32 Å². The Bertz CT molecular complexity index is 276. The van der Waals surface area contributed by atoms with Gasteiger partial charge < -0.3 is 5.32 Å². The van der Waals surface area contributed by atoms with Crippen molar-refractivity contribution in [2.24, 2.45) is 0 Å². The lowest BCUT2D eigenvalue weighted by atomic mass is 9.99. The SMILES string of the molecule is CCCNC(CCC)C(CC)N1CCC(N2CCCC2)C1. The van der Waals surface area contributed by atoms with Crippen molar-refractivity contribution in [3.63, 3.8) is 0 Å². The van der Waals surface area contributed by atoms with Crippen molar-refractivity contribution in [2.75, 3.05) is 32.7 Å². The summed E-state index contributed by atoms with van der Waals surface area (Å²) in [6, 6.07) is 2.27. The summed E-state index contributed by atoms with van der Waals surface area (Å²) in [5, 5.41) is 3.83. The number of nitrogens with zero attached hydrogens (tertiary/aromatic N) is 2. The Labute approximate surface area is 132 Å². The van der Waals surface area contributed by atoms with Crippen LogP contribution >= 0.6 is 0 Å². The maximum absolute atomic E-state index is 3.83. The normalized spacial score (nSPS) is 27.3. The third-order valence-electron chi connectivity index (χ3n) is 5.46. The molecule has 124 valence electrons. The van der Waals surface area contributed by atoms with Gasteiger partial charge in [0.1, 0.15) is 0 Å². The number of likely N-dealkylation sites (tertiary alicyclic amines) is 2. The Morgan fingerprint density at radius 1 is 1.05 bits per heavy atom. The smallest absolute Gasteiger partial charge is 0.0247 e. The van der Waals surface area contributed by atoms with Gasteiger partial charge in [0.2, 0.25) is 0 Å². The van der Waals surface area contributed by atoms with Gasteiger partial charge in [-0.05, 0) is 58.2 Å². The highest BCUT2D eigenvalue weighted by atomic mass is 15.3. The molecule has 0 aromatic carbocycles. The average Bonchev–Trinajstić information content (AvgIpc) is 3.16. The first-order valence-corrected chi connectivity index (χ1v) is 9.51. The van der Waals surface area contributed by atoms with E-state index in [-0.39, 0.29) is 0 Å². The molecule has 2 rings (SSSR count). The second-order valence-corrected chi connectivity index (χ2v) is 7.01. The predicted molar refractivity (Wildman–Crippen MR) is 91.9 cm³/mol.